The highest BCUT2D eigenvalue weighted by Crippen LogP contribution is 2.28. The van der Waals surface area contributed by atoms with Crippen LogP contribution in [0.15, 0.2) is 24.4 Å². The molecule has 1 saturated heterocycles. The van der Waals surface area contributed by atoms with Crippen molar-refractivity contribution in [2.75, 3.05) is 19.7 Å². The topological polar surface area (TPSA) is 53.4 Å². The number of thiazole rings is 1. The van der Waals surface area contributed by atoms with E-state index in [1.807, 2.05) is 0 Å². The Kier molecular flexibility index (Phi) is 4.68. The first kappa shape index (κ1) is 16.0. The minimum absolute atomic E-state index is 0.104. The molecule has 1 aliphatic heterocycles. The Hall–Kier alpha value is -1.86. The highest BCUT2D eigenvalue weighted by atomic mass is 32.1. The standard InChI is InChI=1S/C16H16F2N2O2S/c17-12-2-1-11(7-13(12)18)15-19-8-14(23-15)16(22)20-5-3-10(9-21)4-6-20/h1-2,7-8,10,21H,3-6,9H2. The Morgan fingerprint density at radius 2 is 2.04 bits per heavy atom. The van der Waals surface area contributed by atoms with Crippen LogP contribution in [0.5, 0.6) is 0 Å². The third kappa shape index (κ3) is 3.40. The molecule has 0 radical (unpaired) electrons. The van der Waals surface area contributed by atoms with Crippen LogP contribution in [0.1, 0.15) is 22.5 Å². The minimum atomic E-state index is -0.934. The number of hydrogen-bond donors (Lipinski definition) is 1. The van der Waals surface area contributed by atoms with Gasteiger partial charge in [-0.1, -0.05) is 0 Å². The van der Waals surface area contributed by atoms with Crippen molar-refractivity contribution < 1.29 is 18.7 Å². The van der Waals surface area contributed by atoms with E-state index in [4.69, 9.17) is 5.11 Å². The van der Waals surface area contributed by atoms with Crippen molar-refractivity contribution in [3.63, 3.8) is 0 Å². The van der Waals surface area contributed by atoms with E-state index in [1.54, 1.807) is 4.90 Å². The molecule has 122 valence electrons. The molecule has 4 nitrogen and oxygen atoms in total. The lowest BCUT2D eigenvalue weighted by Crippen LogP contribution is -2.38. The van der Waals surface area contributed by atoms with E-state index in [1.165, 1.54) is 23.6 Å². The molecule has 7 heteroatoms. The molecule has 1 aromatic heterocycles. The average molecular weight is 338 g/mol. The number of nitrogens with zero attached hydrogens (tertiary/aromatic N) is 2. The highest BCUT2D eigenvalue weighted by molar-refractivity contribution is 7.16. The molecule has 0 saturated carbocycles. The predicted molar refractivity (Wildman–Crippen MR) is 83.2 cm³/mol. The molecule has 1 amide bonds. The van der Waals surface area contributed by atoms with E-state index >= 15 is 0 Å². The summed E-state index contributed by atoms with van der Waals surface area (Å²) in [6.07, 6.45) is 3.05. The van der Waals surface area contributed by atoms with Gasteiger partial charge in [-0.25, -0.2) is 13.8 Å². The summed E-state index contributed by atoms with van der Waals surface area (Å²) in [6, 6.07) is 3.57. The fourth-order valence-electron chi connectivity index (χ4n) is 2.61. The fourth-order valence-corrected chi connectivity index (χ4v) is 3.49. The van der Waals surface area contributed by atoms with Gasteiger partial charge in [0, 0.05) is 25.3 Å². The van der Waals surface area contributed by atoms with Gasteiger partial charge in [0.1, 0.15) is 9.88 Å². The van der Waals surface area contributed by atoms with E-state index in [2.05, 4.69) is 4.98 Å². The fraction of sp³-hybridized carbons (Fsp3) is 0.375. The maximum absolute atomic E-state index is 13.3. The second-order valence-corrected chi connectivity index (χ2v) is 6.61. The van der Waals surface area contributed by atoms with Gasteiger partial charge in [-0.15, -0.1) is 11.3 Å². The van der Waals surface area contributed by atoms with Crippen LogP contribution in [0.4, 0.5) is 8.78 Å². The number of aromatic nitrogens is 1. The van der Waals surface area contributed by atoms with E-state index in [0.29, 0.717) is 28.5 Å². The Bertz CT molecular complexity index is 712. The number of hydrogen-bond acceptors (Lipinski definition) is 4. The van der Waals surface area contributed by atoms with Crippen molar-refractivity contribution in [2.24, 2.45) is 5.92 Å². The number of carbonyl (C=O) groups excluding carboxylic acids is 1. The van der Waals surface area contributed by atoms with Crippen LogP contribution in [0, 0.1) is 17.6 Å². The average Bonchev–Trinajstić information content (AvgIpc) is 3.07. The van der Waals surface area contributed by atoms with E-state index in [9.17, 15) is 13.6 Å². The molecule has 0 aliphatic carbocycles. The summed E-state index contributed by atoms with van der Waals surface area (Å²) < 4.78 is 26.3. The summed E-state index contributed by atoms with van der Waals surface area (Å²) in [5.41, 5.74) is 0.451. The lowest BCUT2D eigenvalue weighted by molar-refractivity contribution is 0.0655. The molecule has 0 spiro atoms. The van der Waals surface area contributed by atoms with Crippen LogP contribution in [-0.4, -0.2) is 40.6 Å². The molecule has 0 atom stereocenters. The summed E-state index contributed by atoms with van der Waals surface area (Å²) >= 11 is 1.17. The summed E-state index contributed by atoms with van der Waals surface area (Å²) in [7, 11) is 0. The number of aliphatic hydroxyl groups is 1. The van der Waals surface area contributed by atoms with Gasteiger partial charge in [0.05, 0.1) is 6.20 Å². The number of carbonyl (C=O) groups is 1. The third-order valence-electron chi connectivity index (χ3n) is 4.04. The van der Waals surface area contributed by atoms with Gasteiger partial charge in [-0.2, -0.15) is 0 Å². The molecule has 2 heterocycles. The van der Waals surface area contributed by atoms with E-state index < -0.39 is 11.6 Å². The zero-order valence-electron chi connectivity index (χ0n) is 12.3. The first-order valence-electron chi connectivity index (χ1n) is 7.40. The van der Waals surface area contributed by atoms with E-state index in [-0.39, 0.29) is 18.4 Å². The van der Waals surface area contributed by atoms with Gasteiger partial charge in [0.2, 0.25) is 0 Å². The maximum atomic E-state index is 13.3. The van der Waals surface area contributed by atoms with Crippen LogP contribution in [0.3, 0.4) is 0 Å². The molecule has 0 unspecified atom stereocenters. The molecular formula is C16H16F2N2O2S. The Morgan fingerprint density at radius 1 is 1.30 bits per heavy atom. The van der Waals surface area contributed by atoms with Crippen LogP contribution >= 0.6 is 11.3 Å². The molecule has 3 rings (SSSR count). The molecule has 2 aromatic rings. The van der Waals surface area contributed by atoms with Crippen LogP contribution in [0.2, 0.25) is 0 Å². The SMILES string of the molecule is O=C(c1cnc(-c2ccc(F)c(F)c2)s1)N1CCC(CO)CC1. The zero-order chi connectivity index (χ0) is 16.4. The smallest absolute Gasteiger partial charge is 0.265 e. The largest absolute Gasteiger partial charge is 0.396 e. The quantitative estimate of drug-likeness (QED) is 0.936. The van der Waals surface area contributed by atoms with Gasteiger partial charge in [-0.3, -0.25) is 4.79 Å². The number of amides is 1. The van der Waals surface area contributed by atoms with E-state index in [0.717, 1.165) is 25.0 Å². The molecule has 23 heavy (non-hydrogen) atoms. The Labute approximate surface area is 136 Å². The highest BCUT2D eigenvalue weighted by Gasteiger charge is 2.24. The first-order valence-corrected chi connectivity index (χ1v) is 8.21. The second-order valence-electron chi connectivity index (χ2n) is 5.58. The lowest BCUT2D eigenvalue weighted by atomic mass is 9.98. The van der Waals surface area contributed by atoms with Gasteiger partial charge in [0.15, 0.2) is 11.6 Å². The Balaban J connectivity index is 1.74. The lowest BCUT2D eigenvalue weighted by Gasteiger charge is -2.30. The van der Waals surface area contributed by atoms with Gasteiger partial charge >= 0.3 is 0 Å². The summed E-state index contributed by atoms with van der Waals surface area (Å²) in [6.45, 7) is 1.38. The normalized spacial score (nSPS) is 15.9. The minimum Gasteiger partial charge on any atom is -0.396 e. The number of aliphatic hydroxyl groups excluding tert-OH is 1. The maximum Gasteiger partial charge on any atom is 0.265 e. The summed E-state index contributed by atoms with van der Waals surface area (Å²) in [5.74, 6) is -1.68. The second kappa shape index (κ2) is 6.72. The molecule has 1 aliphatic rings. The summed E-state index contributed by atoms with van der Waals surface area (Å²) in [5, 5.41) is 9.62. The van der Waals surface area contributed by atoms with Gasteiger partial charge < -0.3 is 10.0 Å². The number of piperidine rings is 1. The van der Waals surface area contributed by atoms with Crippen molar-refractivity contribution in [3.05, 3.63) is 40.9 Å². The zero-order valence-corrected chi connectivity index (χ0v) is 13.2. The van der Waals surface area contributed by atoms with Crippen molar-refractivity contribution in [1.82, 2.24) is 9.88 Å². The number of halogens is 2. The van der Waals surface area contributed by atoms with Crippen molar-refractivity contribution in [1.29, 1.82) is 0 Å². The molecule has 1 N–H and O–H groups in total. The molecular weight excluding hydrogens is 322 g/mol. The van der Waals surface area contributed by atoms with Crippen LogP contribution < -0.4 is 0 Å². The van der Waals surface area contributed by atoms with Crippen molar-refractivity contribution in [3.8, 4) is 10.6 Å². The number of likely N-dealkylation sites (tertiary alicyclic amines) is 1. The summed E-state index contributed by atoms with van der Waals surface area (Å²) in [4.78, 5) is 18.8. The van der Waals surface area contributed by atoms with Gasteiger partial charge in [0.25, 0.3) is 5.91 Å². The monoisotopic (exact) mass is 338 g/mol. The van der Waals surface area contributed by atoms with Crippen molar-refractivity contribution >= 4 is 17.2 Å². The molecule has 1 aromatic carbocycles. The van der Waals surface area contributed by atoms with Gasteiger partial charge in [-0.05, 0) is 37.0 Å². The first-order chi connectivity index (χ1) is 11.1. The Morgan fingerprint density at radius 3 is 2.70 bits per heavy atom. The van der Waals surface area contributed by atoms with Crippen LogP contribution in [-0.2, 0) is 0 Å². The third-order valence-corrected chi connectivity index (χ3v) is 5.08. The van der Waals surface area contributed by atoms with Crippen LogP contribution in [0.25, 0.3) is 10.6 Å². The number of rotatable bonds is 3. The molecule has 1 fully saturated rings. The molecule has 0 bridgehead atoms. The van der Waals surface area contributed by atoms with Crippen molar-refractivity contribution in [2.45, 2.75) is 12.8 Å². The number of benzene rings is 1. The predicted octanol–water partition coefficient (Wildman–Crippen LogP) is 2.93.